The highest BCUT2D eigenvalue weighted by Crippen LogP contribution is 2.32. The van der Waals surface area contributed by atoms with E-state index in [1.807, 2.05) is 34.9 Å². The summed E-state index contributed by atoms with van der Waals surface area (Å²) in [7, 11) is 7.11. The maximum absolute atomic E-state index is 12.4. The van der Waals surface area contributed by atoms with Crippen molar-refractivity contribution in [2.75, 3.05) is 72.6 Å². The number of amides is 2. The van der Waals surface area contributed by atoms with Gasteiger partial charge in [0, 0.05) is 78.8 Å². The lowest BCUT2D eigenvalue weighted by molar-refractivity contribution is -0.136. The number of carbonyl (C=O) groups is 2. The van der Waals surface area contributed by atoms with Crippen LogP contribution in [0.4, 0.5) is 5.82 Å². The van der Waals surface area contributed by atoms with Crippen molar-refractivity contribution in [2.24, 2.45) is 0 Å². The predicted molar refractivity (Wildman–Crippen MR) is 113 cm³/mol. The number of likely N-dealkylation sites (tertiary alicyclic amines) is 2. The molecule has 166 valence electrons. The van der Waals surface area contributed by atoms with Crippen molar-refractivity contribution in [3.63, 3.8) is 0 Å². The van der Waals surface area contributed by atoms with Crippen molar-refractivity contribution in [3.8, 4) is 0 Å². The first kappa shape index (κ1) is 22.4. The molecule has 0 aliphatic carbocycles. The average molecular weight is 420 g/mol. The molecule has 0 bridgehead atoms. The maximum Gasteiger partial charge on any atom is 0.248 e. The van der Waals surface area contributed by atoms with Crippen LogP contribution in [-0.2, 0) is 19.1 Å². The van der Waals surface area contributed by atoms with Gasteiger partial charge in [0.05, 0.1) is 12.3 Å². The molecular weight excluding hydrogens is 386 g/mol. The molecule has 3 heterocycles. The van der Waals surface area contributed by atoms with Gasteiger partial charge < -0.3 is 24.2 Å². The quantitative estimate of drug-likeness (QED) is 0.617. The van der Waals surface area contributed by atoms with Crippen LogP contribution in [0.2, 0.25) is 0 Å². The van der Waals surface area contributed by atoms with E-state index in [0.717, 1.165) is 30.2 Å². The Labute approximate surface area is 178 Å². The van der Waals surface area contributed by atoms with Crippen LogP contribution in [0.1, 0.15) is 42.6 Å². The van der Waals surface area contributed by atoms with Gasteiger partial charge in [0.1, 0.15) is 18.2 Å². The summed E-state index contributed by atoms with van der Waals surface area (Å²) < 4.78 is 10.1. The number of nitrogens with zero attached hydrogens (tertiary/aromatic N) is 5. The minimum atomic E-state index is 0.0280. The second-order valence-electron chi connectivity index (χ2n) is 8.23. The van der Waals surface area contributed by atoms with Crippen LogP contribution >= 0.6 is 0 Å². The fourth-order valence-electron chi connectivity index (χ4n) is 4.08. The minimum Gasteiger partial charge on any atom is -0.383 e. The molecule has 1 aromatic rings. The van der Waals surface area contributed by atoms with Crippen molar-refractivity contribution in [1.82, 2.24) is 19.8 Å². The van der Waals surface area contributed by atoms with E-state index in [4.69, 9.17) is 19.4 Å². The molecule has 30 heavy (non-hydrogen) atoms. The Hall–Kier alpha value is -2.26. The Morgan fingerprint density at radius 2 is 1.90 bits per heavy atom. The van der Waals surface area contributed by atoms with Crippen LogP contribution in [0.15, 0.2) is 6.07 Å². The van der Waals surface area contributed by atoms with Crippen molar-refractivity contribution in [1.29, 1.82) is 0 Å². The van der Waals surface area contributed by atoms with E-state index in [2.05, 4.69) is 0 Å². The number of anilines is 1. The number of methoxy groups -OCH3 is 2. The maximum atomic E-state index is 12.4. The van der Waals surface area contributed by atoms with E-state index in [-0.39, 0.29) is 30.3 Å². The summed E-state index contributed by atoms with van der Waals surface area (Å²) in [5, 5.41) is 0. The number of hydrogen-bond donors (Lipinski definition) is 0. The van der Waals surface area contributed by atoms with Crippen LogP contribution in [0, 0.1) is 0 Å². The van der Waals surface area contributed by atoms with Gasteiger partial charge in [-0.3, -0.25) is 9.59 Å². The van der Waals surface area contributed by atoms with E-state index in [1.165, 1.54) is 7.11 Å². The number of piperidine rings is 1. The van der Waals surface area contributed by atoms with Gasteiger partial charge in [0.25, 0.3) is 0 Å². The molecule has 0 spiro atoms. The molecule has 0 saturated carbocycles. The molecule has 1 atom stereocenters. The average Bonchev–Trinajstić information content (AvgIpc) is 3.12. The molecule has 3 rings (SSSR count). The lowest BCUT2D eigenvalue weighted by Crippen LogP contribution is -2.40. The van der Waals surface area contributed by atoms with Crippen molar-refractivity contribution < 1.29 is 19.1 Å². The fourth-order valence-corrected chi connectivity index (χ4v) is 4.08. The fraction of sp³-hybridized carbons (Fsp3) is 0.714. The van der Waals surface area contributed by atoms with E-state index >= 15 is 0 Å². The summed E-state index contributed by atoms with van der Waals surface area (Å²) in [6.45, 7) is 3.30. The van der Waals surface area contributed by atoms with Gasteiger partial charge in [-0.25, -0.2) is 9.97 Å². The Bertz CT molecular complexity index is 749. The minimum absolute atomic E-state index is 0.0280. The smallest absolute Gasteiger partial charge is 0.248 e. The van der Waals surface area contributed by atoms with Crippen LogP contribution in [0.5, 0.6) is 0 Å². The number of aromatic nitrogens is 2. The Kier molecular flexibility index (Phi) is 7.60. The summed E-state index contributed by atoms with van der Waals surface area (Å²) in [5.41, 5.74) is 0.926. The molecule has 9 nitrogen and oxygen atoms in total. The molecule has 0 N–H and O–H groups in total. The number of hydrogen-bond acceptors (Lipinski definition) is 7. The molecule has 1 unspecified atom stereocenters. The molecule has 2 aliphatic rings. The van der Waals surface area contributed by atoms with Crippen LogP contribution < -0.4 is 4.90 Å². The third-order valence-corrected chi connectivity index (χ3v) is 5.89. The van der Waals surface area contributed by atoms with E-state index < -0.39 is 0 Å². The first-order valence-electron chi connectivity index (χ1n) is 10.5. The summed E-state index contributed by atoms with van der Waals surface area (Å²) in [6, 6.07) is 2.00. The van der Waals surface area contributed by atoms with Crippen LogP contribution in [0.3, 0.4) is 0 Å². The summed E-state index contributed by atoms with van der Waals surface area (Å²) >= 11 is 0. The zero-order valence-corrected chi connectivity index (χ0v) is 18.5. The third kappa shape index (κ3) is 5.26. The predicted octanol–water partition coefficient (Wildman–Crippen LogP) is 0.857. The third-order valence-electron chi connectivity index (χ3n) is 5.89. The molecule has 2 saturated heterocycles. The molecular formula is C21H33N5O4. The van der Waals surface area contributed by atoms with Crippen molar-refractivity contribution in [3.05, 3.63) is 17.6 Å². The first-order valence-corrected chi connectivity index (χ1v) is 10.5. The number of rotatable bonds is 8. The zero-order valence-electron chi connectivity index (χ0n) is 18.5. The monoisotopic (exact) mass is 419 g/mol. The Morgan fingerprint density at radius 3 is 2.53 bits per heavy atom. The Morgan fingerprint density at radius 1 is 1.17 bits per heavy atom. The largest absolute Gasteiger partial charge is 0.383 e. The summed E-state index contributed by atoms with van der Waals surface area (Å²) in [5.74, 6) is 2.12. The van der Waals surface area contributed by atoms with Crippen LogP contribution in [-0.4, -0.2) is 99.3 Å². The molecule has 1 aromatic heterocycles. The molecule has 9 heteroatoms. The normalized spacial score (nSPS) is 20.1. The highest BCUT2D eigenvalue weighted by molar-refractivity contribution is 5.79. The van der Waals surface area contributed by atoms with Gasteiger partial charge in [0.2, 0.25) is 11.8 Å². The van der Waals surface area contributed by atoms with Gasteiger partial charge in [-0.2, -0.15) is 0 Å². The second kappa shape index (κ2) is 10.2. The molecule has 0 aromatic carbocycles. The van der Waals surface area contributed by atoms with Gasteiger partial charge >= 0.3 is 0 Å². The second-order valence-corrected chi connectivity index (χ2v) is 8.23. The zero-order chi connectivity index (χ0) is 21.7. The number of carbonyl (C=O) groups excluding carboxylic acids is 2. The Balaban J connectivity index is 1.74. The molecule has 2 amide bonds. The summed E-state index contributed by atoms with van der Waals surface area (Å²) in [4.78, 5) is 39.8. The van der Waals surface area contributed by atoms with E-state index in [0.29, 0.717) is 39.2 Å². The molecule has 2 fully saturated rings. The van der Waals surface area contributed by atoms with Gasteiger partial charge in [-0.05, 0) is 12.8 Å². The lowest BCUT2D eigenvalue weighted by Gasteiger charge is -2.31. The van der Waals surface area contributed by atoms with Crippen molar-refractivity contribution >= 4 is 17.6 Å². The van der Waals surface area contributed by atoms with E-state index in [9.17, 15) is 9.59 Å². The molecule has 0 radical (unpaired) electrons. The van der Waals surface area contributed by atoms with Gasteiger partial charge in [0.15, 0.2) is 0 Å². The first-order chi connectivity index (χ1) is 14.4. The molecule has 2 aliphatic heterocycles. The van der Waals surface area contributed by atoms with Gasteiger partial charge in [-0.1, -0.05) is 0 Å². The van der Waals surface area contributed by atoms with E-state index in [1.54, 1.807) is 7.11 Å². The van der Waals surface area contributed by atoms with Crippen molar-refractivity contribution in [2.45, 2.75) is 31.1 Å². The van der Waals surface area contributed by atoms with Gasteiger partial charge in [-0.15, -0.1) is 0 Å². The topological polar surface area (TPSA) is 88.1 Å². The lowest BCUT2D eigenvalue weighted by atomic mass is 9.95. The standard InChI is InChI=1S/C21H33N5O4/c1-24(2)18-12-17(16-11-19(27)26(13-16)9-10-29-3)22-21(23-18)15-5-7-25(8-6-15)20(28)14-30-4/h12,15-16H,5-11,13-14H2,1-4H3. The highest BCUT2D eigenvalue weighted by atomic mass is 16.5. The highest BCUT2D eigenvalue weighted by Gasteiger charge is 2.33. The van der Waals surface area contributed by atoms with Crippen LogP contribution in [0.25, 0.3) is 0 Å². The number of ether oxygens (including phenoxy) is 2. The summed E-state index contributed by atoms with van der Waals surface area (Å²) in [6.07, 6.45) is 2.13. The SMILES string of the molecule is COCCN1CC(c2cc(N(C)C)nc(C3CCN(C(=O)COC)CC3)n2)CC1=O.